The summed E-state index contributed by atoms with van der Waals surface area (Å²) in [7, 11) is 0. The molecule has 0 unspecified atom stereocenters. The van der Waals surface area contributed by atoms with Gasteiger partial charge in [0.05, 0.1) is 17.7 Å². The molecule has 1 aromatic rings. The van der Waals surface area contributed by atoms with Crippen molar-refractivity contribution in [1.29, 1.82) is 0 Å². The molecule has 1 aromatic carbocycles. The van der Waals surface area contributed by atoms with Gasteiger partial charge in [-0.05, 0) is 17.9 Å². The van der Waals surface area contributed by atoms with Crippen molar-refractivity contribution in [2.24, 2.45) is 4.99 Å². The average Bonchev–Trinajstić information content (AvgIpc) is 2.85. The zero-order valence-corrected chi connectivity index (χ0v) is 11.6. The normalized spacial score (nSPS) is 15.4. The van der Waals surface area contributed by atoms with Crippen LogP contribution in [0, 0.1) is 0 Å². The Hall–Kier alpha value is -1.50. The van der Waals surface area contributed by atoms with Crippen molar-refractivity contribution in [3.05, 3.63) is 35.4 Å². The van der Waals surface area contributed by atoms with Gasteiger partial charge in [0, 0.05) is 6.54 Å². The van der Waals surface area contributed by atoms with Crippen molar-refractivity contribution in [2.45, 2.75) is 13.1 Å². The number of amides is 1. The highest BCUT2D eigenvalue weighted by molar-refractivity contribution is 8.13. The van der Waals surface area contributed by atoms with Crippen LogP contribution < -0.4 is 0 Å². The lowest BCUT2D eigenvalue weighted by molar-refractivity contribution is -0.138. The van der Waals surface area contributed by atoms with Crippen LogP contribution in [-0.4, -0.2) is 34.8 Å². The highest BCUT2D eigenvalue weighted by Gasteiger charge is 2.37. The van der Waals surface area contributed by atoms with E-state index in [1.54, 1.807) is 0 Å². The van der Waals surface area contributed by atoms with E-state index >= 15 is 0 Å². The van der Waals surface area contributed by atoms with Crippen molar-refractivity contribution in [2.75, 3.05) is 18.8 Å². The van der Waals surface area contributed by atoms with Gasteiger partial charge in [-0.1, -0.05) is 30.8 Å². The number of carbonyl (C=O) groups excluding carboxylic acids is 1. The van der Waals surface area contributed by atoms with Crippen LogP contribution in [0.4, 0.5) is 13.2 Å². The molecule has 108 valence electrons. The van der Waals surface area contributed by atoms with Crippen molar-refractivity contribution < 1.29 is 18.0 Å². The monoisotopic (exact) mass is 302 g/mol. The van der Waals surface area contributed by atoms with Gasteiger partial charge >= 0.3 is 6.18 Å². The summed E-state index contributed by atoms with van der Waals surface area (Å²) in [5, 5.41) is 0.495. The molecule has 7 heteroatoms. The molecule has 0 saturated heterocycles. The molecule has 0 aliphatic carbocycles. The summed E-state index contributed by atoms with van der Waals surface area (Å²) in [4.78, 5) is 17.8. The van der Waals surface area contributed by atoms with Crippen molar-refractivity contribution in [3.8, 4) is 0 Å². The molecule has 0 saturated carbocycles. The number of aliphatic imine (C=N–C) groups is 1. The summed E-state index contributed by atoms with van der Waals surface area (Å²) < 4.78 is 38.8. The molecule has 1 amide bonds. The number of amidine groups is 1. The average molecular weight is 302 g/mol. The third-order valence-electron chi connectivity index (χ3n) is 2.78. The SMILES string of the molecule is CCSC1=NCCN1C(=O)c1ccccc1C(F)(F)F. The molecule has 0 atom stereocenters. The number of hydrogen-bond donors (Lipinski definition) is 0. The van der Waals surface area contributed by atoms with E-state index in [2.05, 4.69) is 4.99 Å². The quantitative estimate of drug-likeness (QED) is 0.840. The van der Waals surface area contributed by atoms with Crippen LogP contribution in [0.1, 0.15) is 22.8 Å². The Bertz CT molecular complexity index is 543. The second-order valence-corrected chi connectivity index (χ2v) is 5.33. The number of halogens is 3. The Labute approximate surface area is 118 Å². The van der Waals surface area contributed by atoms with Crippen molar-refractivity contribution in [3.63, 3.8) is 0 Å². The molecular weight excluding hydrogens is 289 g/mol. The first-order chi connectivity index (χ1) is 9.45. The molecule has 0 aromatic heterocycles. The fourth-order valence-corrected chi connectivity index (χ4v) is 2.70. The van der Waals surface area contributed by atoms with Crippen molar-refractivity contribution >= 4 is 22.8 Å². The number of thioether (sulfide) groups is 1. The second-order valence-electron chi connectivity index (χ2n) is 4.10. The molecule has 2 rings (SSSR count). The molecular formula is C13H13F3N2OS. The number of nitrogens with zero attached hydrogens (tertiary/aromatic N) is 2. The molecule has 0 fully saturated rings. The topological polar surface area (TPSA) is 32.7 Å². The van der Waals surface area contributed by atoms with E-state index in [4.69, 9.17) is 0 Å². The minimum atomic E-state index is -4.54. The van der Waals surface area contributed by atoms with Crippen LogP contribution in [-0.2, 0) is 6.18 Å². The Morgan fingerprint density at radius 3 is 2.75 bits per heavy atom. The fourth-order valence-electron chi connectivity index (χ4n) is 1.93. The van der Waals surface area contributed by atoms with Gasteiger partial charge in [-0.15, -0.1) is 0 Å². The minimum absolute atomic E-state index is 0.327. The van der Waals surface area contributed by atoms with E-state index in [1.807, 2.05) is 6.92 Å². The Morgan fingerprint density at radius 1 is 1.40 bits per heavy atom. The molecule has 1 aliphatic heterocycles. The van der Waals surface area contributed by atoms with Crippen LogP contribution in [0.15, 0.2) is 29.3 Å². The maximum Gasteiger partial charge on any atom is 0.417 e. The lowest BCUT2D eigenvalue weighted by Crippen LogP contribution is -2.34. The van der Waals surface area contributed by atoms with Crippen molar-refractivity contribution in [1.82, 2.24) is 4.90 Å². The van der Waals surface area contributed by atoms with E-state index in [-0.39, 0.29) is 5.56 Å². The maximum absolute atomic E-state index is 12.9. The third-order valence-corrected chi connectivity index (χ3v) is 3.68. The molecule has 3 nitrogen and oxygen atoms in total. The fraction of sp³-hybridized carbons (Fsp3) is 0.385. The van der Waals surface area contributed by atoms with Crippen LogP contribution in [0.2, 0.25) is 0 Å². The number of alkyl halides is 3. The summed E-state index contributed by atoms with van der Waals surface area (Å²) in [5.74, 6) is 0.0684. The summed E-state index contributed by atoms with van der Waals surface area (Å²) in [6.07, 6.45) is -4.54. The molecule has 1 aliphatic rings. The molecule has 0 spiro atoms. The van der Waals surface area contributed by atoms with Crippen LogP contribution >= 0.6 is 11.8 Å². The lowest BCUT2D eigenvalue weighted by atomic mass is 10.1. The number of hydrogen-bond acceptors (Lipinski definition) is 3. The van der Waals surface area contributed by atoms with Gasteiger partial charge in [0.15, 0.2) is 5.17 Å². The van der Waals surface area contributed by atoms with Gasteiger partial charge in [0.25, 0.3) is 5.91 Å². The standard InChI is InChI=1S/C13H13F3N2OS/c1-2-20-12-17-7-8-18(12)11(19)9-5-3-4-6-10(9)13(14,15)16/h3-6H,2,7-8H2,1H3. The smallest absolute Gasteiger partial charge is 0.286 e. The second kappa shape index (κ2) is 5.87. The molecule has 1 heterocycles. The van der Waals surface area contributed by atoms with Gasteiger partial charge < -0.3 is 0 Å². The maximum atomic E-state index is 12.9. The van der Waals surface area contributed by atoms with E-state index in [0.29, 0.717) is 24.0 Å². The molecule has 0 radical (unpaired) electrons. The van der Waals surface area contributed by atoms with Gasteiger partial charge in [-0.2, -0.15) is 13.2 Å². The Balaban J connectivity index is 2.33. The van der Waals surface area contributed by atoms with Crippen LogP contribution in [0.3, 0.4) is 0 Å². The Morgan fingerprint density at radius 2 is 2.10 bits per heavy atom. The van der Waals surface area contributed by atoms with E-state index in [1.165, 1.54) is 34.9 Å². The molecule has 20 heavy (non-hydrogen) atoms. The number of benzene rings is 1. The third kappa shape index (κ3) is 2.98. The predicted octanol–water partition coefficient (Wildman–Crippen LogP) is 3.27. The number of rotatable bonds is 2. The van der Waals surface area contributed by atoms with Crippen LogP contribution in [0.25, 0.3) is 0 Å². The lowest BCUT2D eigenvalue weighted by Gasteiger charge is -2.20. The van der Waals surface area contributed by atoms with E-state index in [9.17, 15) is 18.0 Å². The highest BCUT2D eigenvalue weighted by atomic mass is 32.2. The summed E-state index contributed by atoms with van der Waals surface area (Å²) >= 11 is 1.36. The van der Waals surface area contributed by atoms with Gasteiger partial charge in [0.2, 0.25) is 0 Å². The van der Waals surface area contributed by atoms with Gasteiger partial charge in [-0.3, -0.25) is 14.7 Å². The largest absolute Gasteiger partial charge is 0.417 e. The number of carbonyl (C=O) groups is 1. The summed E-state index contributed by atoms with van der Waals surface area (Å²) in [6, 6.07) is 4.84. The molecule has 0 bridgehead atoms. The first-order valence-corrected chi connectivity index (χ1v) is 7.09. The zero-order valence-electron chi connectivity index (χ0n) is 10.8. The minimum Gasteiger partial charge on any atom is -0.286 e. The van der Waals surface area contributed by atoms with Crippen LogP contribution in [0.5, 0.6) is 0 Å². The predicted molar refractivity (Wildman–Crippen MR) is 72.9 cm³/mol. The van der Waals surface area contributed by atoms with Gasteiger partial charge in [0.1, 0.15) is 0 Å². The molecule has 0 N–H and O–H groups in total. The first-order valence-electron chi connectivity index (χ1n) is 6.10. The van der Waals surface area contributed by atoms with E-state index < -0.39 is 17.6 Å². The summed E-state index contributed by atoms with van der Waals surface area (Å²) in [6.45, 7) is 2.66. The van der Waals surface area contributed by atoms with E-state index in [0.717, 1.165) is 6.07 Å². The summed E-state index contributed by atoms with van der Waals surface area (Å²) in [5.41, 5.74) is -1.23. The first kappa shape index (κ1) is 14.9. The van der Waals surface area contributed by atoms with Gasteiger partial charge in [-0.25, -0.2) is 0 Å². The zero-order chi connectivity index (χ0) is 14.8. The highest BCUT2D eigenvalue weighted by Crippen LogP contribution is 2.33. The Kier molecular flexibility index (Phi) is 4.37.